The first kappa shape index (κ1) is 24.1. The van der Waals surface area contributed by atoms with Crippen LogP contribution in [0.15, 0.2) is 48.7 Å². The van der Waals surface area contributed by atoms with Crippen molar-refractivity contribution >= 4 is 11.8 Å². The molecule has 2 aromatic rings. The molecule has 0 aliphatic heterocycles. The predicted octanol–water partition coefficient (Wildman–Crippen LogP) is 4.00. The summed E-state index contributed by atoms with van der Waals surface area (Å²) in [6.45, 7) is 1.98. The van der Waals surface area contributed by atoms with Gasteiger partial charge in [-0.2, -0.15) is 0 Å². The number of carbonyl (C=O) groups excluding carboxylic acids is 2. The van der Waals surface area contributed by atoms with E-state index in [0.717, 1.165) is 17.7 Å². The molecule has 0 saturated heterocycles. The number of hydrogen-bond acceptors (Lipinski definition) is 3. The van der Waals surface area contributed by atoms with Gasteiger partial charge < -0.3 is 19.1 Å². The van der Waals surface area contributed by atoms with Crippen molar-refractivity contribution in [2.45, 2.75) is 51.6 Å². The zero-order valence-electron chi connectivity index (χ0n) is 19.5. The van der Waals surface area contributed by atoms with Gasteiger partial charge in [-0.25, -0.2) is 0 Å². The summed E-state index contributed by atoms with van der Waals surface area (Å²) in [6, 6.07) is 14.0. The SMILES string of the molecule is COCCN(CC(=O)N(Cc1ccccc1)Cc1cccn1C)C(=O)CCC1CCCC1. The molecule has 1 aromatic carbocycles. The Morgan fingerprint density at radius 2 is 1.75 bits per heavy atom. The van der Waals surface area contributed by atoms with Gasteiger partial charge in [0, 0.05) is 45.6 Å². The molecule has 174 valence electrons. The van der Waals surface area contributed by atoms with Gasteiger partial charge in [-0.05, 0) is 30.0 Å². The second-order valence-corrected chi connectivity index (χ2v) is 8.84. The van der Waals surface area contributed by atoms with E-state index in [1.165, 1.54) is 25.7 Å². The third-order valence-electron chi connectivity index (χ3n) is 6.46. The fourth-order valence-corrected chi connectivity index (χ4v) is 4.43. The lowest BCUT2D eigenvalue weighted by Crippen LogP contribution is -2.44. The Balaban J connectivity index is 1.67. The summed E-state index contributed by atoms with van der Waals surface area (Å²) in [5.74, 6) is 0.673. The van der Waals surface area contributed by atoms with Crippen LogP contribution in [-0.2, 0) is 34.5 Å². The van der Waals surface area contributed by atoms with Gasteiger partial charge in [0.05, 0.1) is 19.7 Å². The second-order valence-electron chi connectivity index (χ2n) is 8.84. The zero-order chi connectivity index (χ0) is 22.8. The van der Waals surface area contributed by atoms with Crippen molar-refractivity contribution in [3.63, 3.8) is 0 Å². The van der Waals surface area contributed by atoms with Crippen molar-refractivity contribution in [1.29, 1.82) is 0 Å². The molecule has 1 aromatic heterocycles. The van der Waals surface area contributed by atoms with E-state index in [1.54, 1.807) is 12.0 Å². The van der Waals surface area contributed by atoms with Crippen LogP contribution in [0.3, 0.4) is 0 Å². The van der Waals surface area contributed by atoms with E-state index >= 15 is 0 Å². The molecular weight excluding hydrogens is 402 g/mol. The topological polar surface area (TPSA) is 54.8 Å². The van der Waals surface area contributed by atoms with Crippen molar-refractivity contribution in [1.82, 2.24) is 14.4 Å². The van der Waals surface area contributed by atoms with Crippen LogP contribution in [-0.4, -0.2) is 53.0 Å². The smallest absolute Gasteiger partial charge is 0.242 e. The van der Waals surface area contributed by atoms with Crippen molar-refractivity contribution in [2.75, 3.05) is 26.8 Å². The molecule has 1 fully saturated rings. The molecule has 0 unspecified atom stereocenters. The lowest BCUT2D eigenvalue weighted by molar-refractivity contribution is -0.142. The van der Waals surface area contributed by atoms with E-state index < -0.39 is 0 Å². The lowest BCUT2D eigenvalue weighted by Gasteiger charge is -2.28. The Kier molecular flexibility index (Phi) is 9.35. The van der Waals surface area contributed by atoms with Crippen molar-refractivity contribution in [3.05, 3.63) is 59.9 Å². The number of carbonyl (C=O) groups is 2. The molecule has 6 heteroatoms. The highest BCUT2D eigenvalue weighted by atomic mass is 16.5. The summed E-state index contributed by atoms with van der Waals surface area (Å²) in [7, 11) is 3.61. The number of aromatic nitrogens is 1. The van der Waals surface area contributed by atoms with Crippen LogP contribution >= 0.6 is 0 Å². The standard InChI is InChI=1S/C26H37N3O3/c1-27-16-8-13-24(27)20-29(19-23-11-4-3-5-12-23)26(31)21-28(17-18-32-2)25(30)15-14-22-9-6-7-10-22/h3-5,8,11-13,16,22H,6-7,9-10,14-15,17-21H2,1-2H3. The van der Waals surface area contributed by atoms with Crippen LogP contribution in [0.1, 0.15) is 49.8 Å². The monoisotopic (exact) mass is 439 g/mol. The maximum Gasteiger partial charge on any atom is 0.242 e. The molecule has 1 saturated carbocycles. The number of amides is 2. The molecule has 1 aliphatic carbocycles. The highest BCUT2D eigenvalue weighted by Gasteiger charge is 2.24. The Morgan fingerprint density at radius 3 is 2.41 bits per heavy atom. The molecule has 1 heterocycles. The predicted molar refractivity (Wildman–Crippen MR) is 126 cm³/mol. The minimum atomic E-state index is -0.0413. The normalized spacial score (nSPS) is 13.9. The van der Waals surface area contributed by atoms with Crippen LogP contribution in [0, 0.1) is 5.92 Å². The van der Waals surface area contributed by atoms with Crippen LogP contribution in [0.5, 0.6) is 0 Å². The molecule has 6 nitrogen and oxygen atoms in total. The van der Waals surface area contributed by atoms with Gasteiger partial charge in [0.15, 0.2) is 0 Å². The highest BCUT2D eigenvalue weighted by molar-refractivity contribution is 5.84. The maximum absolute atomic E-state index is 13.4. The van der Waals surface area contributed by atoms with Crippen molar-refractivity contribution in [2.24, 2.45) is 13.0 Å². The molecule has 32 heavy (non-hydrogen) atoms. The van der Waals surface area contributed by atoms with Crippen molar-refractivity contribution < 1.29 is 14.3 Å². The van der Waals surface area contributed by atoms with Gasteiger partial charge in [-0.1, -0.05) is 56.0 Å². The molecule has 0 spiro atoms. The van der Waals surface area contributed by atoms with Crippen molar-refractivity contribution in [3.8, 4) is 0 Å². The summed E-state index contributed by atoms with van der Waals surface area (Å²) >= 11 is 0. The third kappa shape index (κ3) is 7.23. The average molecular weight is 440 g/mol. The maximum atomic E-state index is 13.4. The van der Waals surface area contributed by atoms with Gasteiger partial charge in [0.25, 0.3) is 0 Å². The molecule has 1 aliphatic rings. The summed E-state index contributed by atoms with van der Waals surface area (Å²) in [5.41, 5.74) is 2.14. The number of aryl methyl sites for hydroxylation is 1. The van der Waals surface area contributed by atoms with Crippen LogP contribution in [0.4, 0.5) is 0 Å². The summed E-state index contributed by atoms with van der Waals surface area (Å²) in [6.07, 6.45) is 8.43. The minimum Gasteiger partial charge on any atom is -0.383 e. The minimum absolute atomic E-state index is 0.0413. The Morgan fingerprint density at radius 1 is 1.00 bits per heavy atom. The van der Waals surface area contributed by atoms with Gasteiger partial charge >= 0.3 is 0 Å². The average Bonchev–Trinajstić information content (AvgIpc) is 3.47. The van der Waals surface area contributed by atoms with Gasteiger partial charge in [0.1, 0.15) is 0 Å². The van der Waals surface area contributed by atoms with E-state index in [0.29, 0.717) is 38.6 Å². The summed E-state index contributed by atoms with van der Waals surface area (Å²) in [5, 5.41) is 0. The summed E-state index contributed by atoms with van der Waals surface area (Å²) < 4.78 is 7.25. The Labute approximate surface area is 192 Å². The third-order valence-corrected chi connectivity index (χ3v) is 6.46. The lowest BCUT2D eigenvalue weighted by atomic mass is 10.0. The van der Waals surface area contributed by atoms with E-state index in [4.69, 9.17) is 4.74 Å². The molecule has 2 amide bonds. The zero-order valence-corrected chi connectivity index (χ0v) is 19.5. The first-order chi connectivity index (χ1) is 15.6. The first-order valence-electron chi connectivity index (χ1n) is 11.8. The molecule has 0 bridgehead atoms. The van der Waals surface area contributed by atoms with E-state index in [-0.39, 0.29) is 18.4 Å². The number of benzene rings is 1. The molecule has 0 atom stereocenters. The number of methoxy groups -OCH3 is 1. The van der Waals surface area contributed by atoms with Crippen LogP contribution < -0.4 is 0 Å². The van der Waals surface area contributed by atoms with E-state index in [2.05, 4.69) is 0 Å². The van der Waals surface area contributed by atoms with Gasteiger partial charge in [-0.3, -0.25) is 9.59 Å². The quantitative estimate of drug-likeness (QED) is 0.502. The largest absolute Gasteiger partial charge is 0.383 e. The first-order valence-corrected chi connectivity index (χ1v) is 11.8. The molecule has 0 radical (unpaired) electrons. The number of rotatable bonds is 12. The van der Waals surface area contributed by atoms with Crippen LogP contribution in [0.2, 0.25) is 0 Å². The Hall–Kier alpha value is -2.60. The second kappa shape index (κ2) is 12.4. The summed E-state index contributed by atoms with van der Waals surface area (Å²) in [4.78, 5) is 29.9. The van der Waals surface area contributed by atoms with E-state index in [1.807, 2.05) is 65.2 Å². The van der Waals surface area contributed by atoms with E-state index in [9.17, 15) is 9.59 Å². The van der Waals surface area contributed by atoms with Gasteiger partial charge in [0.2, 0.25) is 11.8 Å². The van der Waals surface area contributed by atoms with Gasteiger partial charge in [-0.15, -0.1) is 0 Å². The molecule has 3 rings (SSSR count). The molecular formula is C26H37N3O3. The highest BCUT2D eigenvalue weighted by Crippen LogP contribution is 2.28. The fraction of sp³-hybridized carbons (Fsp3) is 0.538. The van der Waals surface area contributed by atoms with Crippen LogP contribution in [0.25, 0.3) is 0 Å². The fourth-order valence-electron chi connectivity index (χ4n) is 4.43. The Bertz CT molecular complexity index is 843. The number of ether oxygens (including phenoxy) is 1. The number of hydrogen-bond donors (Lipinski definition) is 0. The molecule has 0 N–H and O–H groups in total. The number of nitrogens with zero attached hydrogens (tertiary/aromatic N) is 3.